The van der Waals surface area contributed by atoms with Crippen LogP contribution in [-0.2, 0) is 14.3 Å². The molecule has 0 aliphatic carbocycles. The molecule has 0 spiro atoms. The lowest BCUT2D eigenvalue weighted by atomic mass is 9.98. The number of halogens is 1. The molecule has 1 fully saturated rings. The Morgan fingerprint density at radius 1 is 1.39 bits per heavy atom. The Labute approximate surface area is 166 Å². The molecule has 162 valence electrons. The monoisotopic (exact) mass is 403 g/mol. The van der Waals surface area contributed by atoms with Gasteiger partial charge in [0.1, 0.15) is 5.60 Å². The molecule has 0 saturated carbocycles. The first-order chi connectivity index (χ1) is 12.9. The van der Waals surface area contributed by atoms with Gasteiger partial charge in [0.15, 0.2) is 6.67 Å². The van der Waals surface area contributed by atoms with Crippen LogP contribution in [0.5, 0.6) is 0 Å². The van der Waals surface area contributed by atoms with E-state index in [0.717, 1.165) is 4.90 Å². The van der Waals surface area contributed by atoms with Crippen LogP contribution in [0.3, 0.4) is 0 Å². The summed E-state index contributed by atoms with van der Waals surface area (Å²) >= 11 is 0. The number of alkyl carbamates (subject to hydrolysis) is 1. The maximum absolute atomic E-state index is 13.0. The zero-order valence-corrected chi connectivity index (χ0v) is 17.5. The molecule has 0 aromatic heterocycles. The SMILES string of the molecule is CC(C)C[C@H](NC(=O)OC(C)(C)C)C(O)CN(C[C@@H]1CCNC1=O)C(=O)CF. The van der Waals surface area contributed by atoms with Gasteiger partial charge >= 0.3 is 6.09 Å². The van der Waals surface area contributed by atoms with Crippen LogP contribution < -0.4 is 10.6 Å². The second-order valence-electron chi connectivity index (χ2n) is 8.66. The van der Waals surface area contributed by atoms with Crippen LogP contribution in [0.25, 0.3) is 0 Å². The van der Waals surface area contributed by atoms with E-state index in [2.05, 4.69) is 10.6 Å². The molecule has 1 heterocycles. The van der Waals surface area contributed by atoms with Gasteiger partial charge in [-0.3, -0.25) is 9.59 Å². The first kappa shape index (κ1) is 24.1. The molecule has 1 aliphatic heterocycles. The van der Waals surface area contributed by atoms with Crippen molar-refractivity contribution in [3.8, 4) is 0 Å². The van der Waals surface area contributed by atoms with Crippen molar-refractivity contribution >= 4 is 17.9 Å². The van der Waals surface area contributed by atoms with Crippen molar-refractivity contribution in [1.29, 1.82) is 0 Å². The fourth-order valence-electron chi connectivity index (χ4n) is 3.08. The molecule has 1 unspecified atom stereocenters. The van der Waals surface area contributed by atoms with Gasteiger partial charge in [-0.2, -0.15) is 0 Å². The lowest BCUT2D eigenvalue weighted by molar-refractivity contribution is -0.135. The number of carbonyl (C=O) groups excluding carboxylic acids is 3. The highest BCUT2D eigenvalue weighted by molar-refractivity contribution is 5.82. The van der Waals surface area contributed by atoms with E-state index in [1.807, 2.05) is 13.8 Å². The molecule has 1 aliphatic rings. The molecule has 3 N–H and O–H groups in total. The summed E-state index contributed by atoms with van der Waals surface area (Å²) < 4.78 is 18.2. The molecule has 28 heavy (non-hydrogen) atoms. The molecule has 1 saturated heterocycles. The van der Waals surface area contributed by atoms with E-state index in [0.29, 0.717) is 19.4 Å². The summed E-state index contributed by atoms with van der Waals surface area (Å²) in [6.07, 6.45) is -0.802. The summed E-state index contributed by atoms with van der Waals surface area (Å²) in [5, 5.41) is 16.0. The summed E-state index contributed by atoms with van der Waals surface area (Å²) in [5.74, 6) is -1.25. The van der Waals surface area contributed by atoms with Crippen molar-refractivity contribution < 1.29 is 28.6 Å². The minimum Gasteiger partial charge on any atom is -0.444 e. The van der Waals surface area contributed by atoms with Gasteiger partial charge in [0, 0.05) is 19.6 Å². The van der Waals surface area contributed by atoms with E-state index < -0.39 is 42.3 Å². The Morgan fingerprint density at radius 2 is 2.04 bits per heavy atom. The maximum Gasteiger partial charge on any atom is 0.407 e. The number of alkyl halides is 1. The van der Waals surface area contributed by atoms with Gasteiger partial charge in [0.2, 0.25) is 5.91 Å². The van der Waals surface area contributed by atoms with Crippen molar-refractivity contribution in [2.75, 3.05) is 26.3 Å². The number of aliphatic hydroxyl groups is 1. The Hall–Kier alpha value is -1.90. The number of nitrogens with one attached hydrogen (secondary N) is 2. The summed E-state index contributed by atoms with van der Waals surface area (Å²) in [4.78, 5) is 37.0. The molecule has 3 atom stereocenters. The van der Waals surface area contributed by atoms with E-state index in [-0.39, 0.29) is 24.9 Å². The van der Waals surface area contributed by atoms with E-state index in [1.54, 1.807) is 20.8 Å². The standard InChI is InChI=1S/C19H34FN3O5/c1-12(2)8-14(22-18(27)28-19(3,4)5)15(24)11-23(16(25)9-20)10-13-6-7-21-17(13)26/h12-15,24H,6-11H2,1-5H3,(H,21,26)(H,22,27)/t13-,14-,15?/m0/s1. The Balaban J connectivity index is 2.82. The third-order valence-electron chi connectivity index (χ3n) is 4.37. The first-order valence-corrected chi connectivity index (χ1v) is 9.72. The first-order valence-electron chi connectivity index (χ1n) is 9.72. The highest BCUT2D eigenvalue weighted by Crippen LogP contribution is 2.16. The van der Waals surface area contributed by atoms with Gasteiger partial charge in [-0.25, -0.2) is 9.18 Å². The smallest absolute Gasteiger partial charge is 0.407 e. The number of carbonyl (C=O) groups is 3. The van der Waals surface area contributed by atoms with Gasteiger partial charge in [0.25, 0.3) is 5.91 Å². The minimum atomic E-state index is -1.21. The molecule has 0 aromatic rings. The molecule has 8 nitrogen and oxygen atoms in total. The van der Waals surface area contributed by atoms with Gasteiger partial charge in [-0.15, -0.1) is 0 Å². The zero-order valence-electron chi connectivity index (χ0n) is 17.5. The van der Waals surface area contributed by atoms with Crippen molar-refractivity contribution in [1.82, 2.24) is 15.5 Å². The highest BCUT2D eigenvalue weighted by atomic mass is 19.1. The summed E-state index contributed by atoms with van der Waals surface area (Å²) in [6, 6.07) is -0.679. The topological polar surface area (TPSA) is 108 Å². The van der Waals surface area contributed by atoms with Crippen LogP contribution >= 0.6 is 0 Å². The lowest BCUT2D eigenvalue weighted by Crippen LogP contribution is -2.52. The van der Waals surface area contributed by atoms with Crippen LogP contribution in [0.4, 0.5) is 9.18 Å². The van der Waals surface area contributed by atoms with Gasteiger partial charge in [0.05, 0.1) is 18.1 Å². The van der Waals surface area contributed by atoms with Crippen molar-refractivity contribution in [3.05, 3.63) is 0 Å². The van der Waals surface area contributed by atoms with Crippen molar-refractivity contribution in [2.24, 2.45) is 11.8 Å². The van der Waals surface area contributed by atoms with E-state index in [4.69, 9.17) is 4.74 Å². The lowest BCUT2D eigenvalue weighted by Gasteiger charge is -2.32. The number of hydrogen-bond acceptors (Lipinski definition) is 5. The fourth-order valence-corrected chi connectivity index (χ4v) is 3.08. The minimum absolute atomic E-state index is 0.0342. The van der Waals surface area contributed by atoms with Crippen LogP contribution in [-0.4, -0.2) is 72.0 Å². The highest BCUT2D eigenvalue weighted by Gasteiger charge is 2.32. The van der Waals surface area contributed by atoms with Gasteiger partial charge in [-0.05, 0) is 39.5 Å². The predicted octanol–water partition coefficient (Wildman–Crippen LogP) is 1.22. The largest absolute Gasteiger partial charge is 0.444 e. The molecule has 0 aromatic carbocycles. The third kappa shape index (κ3) is 8.41. The fraction of sp³-hybridized carbons (Fsp3) is 0.842. The maximum atomic E-state index is 13.0. The van der Waals surface area contributed by atoms with Crippen LogP contribution in [0.15, 0.2) is 0 Å². The second-order valence-corrected chi connectivity index (χ2v) is 8.66. The molecular formula is C19H34FN3O5. The Kier molecular flexibility index (Phi) is 9.13. The molecular weight excluding hydrogens is 369 g/mol. The molecule has 0 radical (unpaired) electrons. The van der Waals surface area contributed by atoms with Crippen LogP contribution in [0, 0.1) is 11.8 Å². The third-order valence-corrected chi connectivity index (χ3v) is 4.37. The number of aliphatic hydroxyl groups excluding tert-OH is 1. The second kappa shape index (κ2) is 10.6. The molecule has 3 amide bonds. The molecule has 9 heteroatoms. The number of rotatable bonds is 9. The zero-order chi connectivity index (χ0) is 21.5. The van der Waals surface area contributed by atoms with E-state index in [9.17, 15) is 23.9 Å². The van der Waals surface area contributed by atoms with Gasteiger partial charge < -0.3 is 25.4 Å². The molecule has 1 rings (SSSR count). The van der Waals surface area contributed by atoms with Crippen molar-refractivity contribution in [3.63, 3.8) is 0 Å². The van der Waals surface area contributed by atoms with Gasteiger partial charge in [-0.1, -0.05) is 13.8 Å². The quantitative estimate of drug-likeness (QED) is 0.537. The Morgan fingerprint density at radius 3 is 2.50 bits per heavy atom. The van der Waals surface area contributed by atoms with Crippen LogP contribution in [0.2, 0.25) is 0 Å². The Bertz CT molecular complexity index is 550. The number of hydrogen-bond donors (Lipinski definition) is 3. The van der Waals surface area contributed by atoms with E-state index in [1.165, 1.54) is 0 Å². The number of nitrogens with zero attached hydrogens (tertiary/aromatic N) is 1. The normalized spacial score (nSPS) is 19.1. The summed E-state index contributed by atoms with van der Waals surface area (Å²) in [7, 11) is 0. The molecule has 0 bridgehead atoms. The van der Waals surface area contributed by atoms with E-state index >= 15 is 0 Å². The average molecular weight is 403 g/mol. The number of ether oxygens (including phenoxy) is 1. The number of amides is 3. The van der Waals surface area contributed by atoms with Crippen LogP contribution in [0.1, 0.15) is 47.5 Å². The average Bonchev–Trinajstić information content (AvgIpc) is 2.95. The van der Waals surface area contributed by atoms with Crippen molar-refractivity contribution in [2.45, 2.75) is 65.2 Å². The predicted molar refractivity (Wildman–Crippen MR) is 102 cm³/mol. The summed E-state index contributed by atoms with van der Waals surface area (Å²) in [5.41, 5.74) is -0.691. The summed E-state index contributed by atoms with van der Waals surface area (Å²) in [6.45, 7) is 8.22.